The SMILES string of the molecule is Cc1cccnc1C(=O)N1CCOC(c2ccccn2)C1. The quantitative estimate of drug-likeness (QED) is 0.846. The predicted molar refractivity (Wildman–Crippen MR) is 77.8 cm³/mol. The standard InChI is InChI=1S/C16H17N3O2/c1-12-5-4-8-18-15(12)16(20)19-9-10-21-14(11-19)13-6-2-3-7-17-13/h2-8,14H,9-11H2,1H3. The van der Waals surface area contributed by atoms with Gasteiger partial charge in [0.1, 0.15) is 11.8 Å². The fraction of sp³-hybridized carbons (Fsp3) is 0.312. The molecule has 3 rings (SSSR count). The van der Waals surface area contributed by atoms with Gasteiger partial charge < -0.3 is 9.64 Å². The molecule has 0 N–H and O–H groups in total. The molecule has 0 bridgehead atoms. The maximum absolute atomic E-state index is 12.6. The first-order valence-electron chi connectivity index (χ1n) is 6.99. The van der Waals surface area contributed by atoms with Crippen LogP contribution in [0.15, 0.2) is 42.7 Å². The molecule has 5 heteroatoms. The lowest BCUT2D eigenvalue weighted by Crippen LogP contribution is -2.43. The summed E-state index contributed by atoms with van der Waals surface area (Å²) >= 11 is 0. The minimum Gasteiger partial charge on any atom is -0.368 e. The van der Waals surface area contributed by atoms with Gasteiger partial charge >= 0.3 is 0 Å². The molecule has 2 aromatic rings. The van der Waals surface area contributed by atoms with Gasteiger partial charge in [-0.25, -0.2) is 0 Å². The number of rotatable bonds is 2. The van der Waals surface area contributed by atoms with E-state index in [4.69, 9.17) is 4.74 Å². The van der Waals surface area contributed by atoms with E-state index in [0.717, 1.165) is 11.3 Å². The molecule has 1 atom stereocenters. The number of pyridine rings is 2. The fourth-order valence-corrected chi connectivity index (χ4v) is 2.44. The van der Waals surface area contributed by atoms with E-state index in [1.165, 1.54) is 0 Å². The second kappa shape index (κ2) is 6.01. The third-order valence-electron chi connectivity index (χ3n) is 3.58. The van der Waals surface area contributed by atoms with Gasteiger partial charge in [0.25, 0.3) is 5.91 Å². The maximum Gasteiger partial charge on any atom is 0.272 e. The van der Waals surface area contributed by atoms with Crippen molar-refractivity contribution in [2.75, 3.05) is 19.7 Å². The third kappa shape index (κ3) is 2.92. The van der Waals surface area contributed by atoms with Crippen molar-refractivity contribution in [2.24, 2.45) is 0 Å². The molecule has 1 aliphatic rings. The monoisotopic (exact) mass is 283 g/mol. The number of carbonyl (C=O) groups is 1. The smallest absolute Gasteiger partial charge is 0.272 e. The highest BCUT2D eigenvalue weighted by Gasteiger charge is 2.27. The zero-order valence-corrected chi connectivity index (χ0v) is 11.9. The van der Waals surface area contributed by atoms with E-state index in [0.29, 0.717) is 25.4 Å². The van der Waals surface area contributed by atoms with Gasteiger partial charge in [-0.3, -0.25) is 14.8 Å². The minimum absolute atomic E-state index is 0.0441. The minimum atomic E-state index is -0.173. The van der Waals surface area contributed by atoms with Crippen molar-refractivity contribution in [3.05, 3.63) is 59.7 Å². The second-order valence-electron chi connectivity index (χ2n) is 5.03. The van der Waals surface area contributed by atoms with Crippen molar-refractivity contribution in [2.45, 2.75) is 13.0 Å². The topological polar surface area (TPSA) is 55.3 Å². The molecule has 0 radical (unpaired) electrons. The van der Waals surface area contributed by atoms with Crippen LogP contribution >= 0.6 is 0 Å². The Balaban J connectivity index is 1.77. The van der Waals surface area contributed by atoms with Gasteiger partial charge in [-0.1, -0.05) is 12.1 Å². The van der Waals surface area contributed by atoms with Crippen LogP contribution < -0.4 is 0 Å². The molecule has 2 aromatic heterocycles. The summed E-state index contributed by atoms with van der Waals surface area (Å²) in [6.45, 7) is 3.50. The van der Waals surface area contributed by atoms with Crippen molar-refractivity contribution >= 4 is 5.91 Å². The van der Waals surface area contributed by atoms with Crippen LogP contribution in [0.4, 0.5) is 0 Å². The lowest BCUT2D eigenvalue weighted by molar-refractivity contribution is -0.0249. The molecule has 0 aliphatic carbocycles. The Morgan fingerprint density at radius 2 is 2.10 bits per heavy atom. The van der Waals surface area contributed by atoms with Crippen molar-refractivity contribution in [3.63, 3.8) is 0 Å². The number of carbonyl (C=O) groups excluding carboxylic acids is 1. The predicted octanol–water partition coefficient (Wildman–Crippen LogP) is 2.00. The Kier molecular flexibility index (Phi) is 3.92. The van der Waals surface area contributed by atoms with Crippen LogP contribution in [-0.2, 0) is 4.74 Å². The molecule has 0 aromatic carbocycles. The van der Waals surface area contributed by atoms with E-state index in [9.17, 15) is 4.79 Å². The summed E-state index contributed by atoms with van der Waals surface area (Å²) in [5, 5.41) is 0. The number of hydrogen-bond acceptors (Lipinski definition) is 4. The van der Waals surface area contributed by atoms with Crippen molar-refractivity contribution in [3.8, 4) is 0 Å². The van der Waals surface area contributed by atoms with Crippen LogP contribution in [0.5, 0.6) is 0 Å². The van der Waals surface area contributed by atoms with E-state index in [-0.39, 0.29) is 12.0 Å². The van der Waals surface area contributed by atoms with Crippen LogP contribution in [0.2, 0.25) is 0 Å². The number of aryl methyl sites for hydroxylation is 1. The van der Waals surface area contributed by atoms with Gasteiger partial charge in [-0.15, -0.1) is 0 Å². The average Bonchev–Trinajstić information content (AvgIpc) is 2.56. The molecule has 1 fully saturated rings. The summed E-state index contributed by atoms with van der Waals surface area (Å²) in [7, 11) is 0. The molecule has 3 heterocycles. The van der Waals surface area contributed by atoms with Gasteiger partial charge in [0.2, 0.25) is 0 Å². The van der Waals surface area contributed by atoms with E-state index in [1.807, 2.05) is 37.3 Å². The molecule has 108 valence electrons. The lowest BCUT2D eigenvalue weighted by atomic mass is 10.1. The van der Waals surface area contributed by atoms with Gasteiger partial charge in [-0.2, -0.15) is 0 Å². The molecular formula is C16H17N3O2. The number of aromatic nitrogens is 2. The molecule has 0 spiro atoms. The van der Waals surface area contributed by atoms with E-state index < -0.39 is 0 Å². The summed E-state index contributed by atoms with van der Waals surface area (Å²) in [6.07, 6.45) is 3.21. The largest absolute Gasteiger partial charge is 0.368 e. The van der Waals surface area contributed by atoms with Gasteiger partial charge in [0.15, 0.2) is 0 Å². The zero-order chi connectivity index (χ0) is 14.7. The summed E-state index contributed by atoms with van der Waals surface area (Å²) in [6, 6.07) is 9.45. The Morgan fingerprint density at radius 1 is 1.24 bits per heavy atom. The molecule has 1 unspecified atom stereocenters. The Labute approximate surface area is 123 Å². The van der Waals surface area contributed by atoms with Crippen LogP contribution in [0.1, 0.15) is 27.8 Å². The van der Waals surface area contributed by atoms with Gasteiger partial charge in [0.05, 0.1) is 18.8 Å². The van der Waals surface area contributed by atoms with Crippen LogP contribution in [-0.4, -0.2) is 40.5 Å². The number of morpholine rings is 1. The maximum atomic E-state index is 12.6. The summed E-state index contributed by atoms with van der Waals surface area (Å²) in [5.74, 6) is -0.0441. The first-order valence-corrected chi connectivity index (χ1v) is 6.99. The van der Waals surface area contributed by atoms with E-state index in [2.05, 4.69) is 9.97 Å². The first kappa shape index (κ1) is 13.7. The van der Waals surface area contributed by atoms with E-state index in [1.54, 1.807) is 17.3 Å². The second-order valence-corrected chi connectivity index (χ2v) is 5.03. The third-order valence-corrected chi connectivity index (χ3v) is 3.58. The summed E-state index contributed by atoms with van der Waals surface area (Å²) in [4.78, 5) is 22.9. The number of ether oxygens (including phenoxy) is 1. The Bertz CT molecular complexity index is 630. The van der Waals surface area contributed by atoms with Crippen LogP contribution in [0.3, 0.4) is 0 Å². The van der Waals surface area contributed by atoms with E-state index >= 15 is 0 Å². The molecular weight excluding hydrogens is 266 g/mol. The molecule has 21 heavy (non-hydrogen) atoms. The van der Waals surface area contributed by atoms with Crippen LogP contribution in [0, 0.1) is 6.92 Å². The molecule has 1 saturated heterocycles. The zero-order valence-electron chi connectivity index (χ0n) is 11.9. The highest BCUT2D eigenvalue weighted by molar-refractivity contribution is 5.93. The van der Waals surface area contributed by atoms with Gasteiger partial charge in [-0.05, 0) is 30.7 Å². The highest BCUT2D eigenvalue weighted by atomic mass is 16.5. The normalized spacial score (nSPS) is 18.5. The molecule has 1 aliphatic heterocycles. The Hall–Kier alpha value is -2.27. The first-order chi connectivity index (χ1) is 10.3. The average molecular weight is 283 g/mol. The number of nitrogens with zero attached hydrogens (tertiary/aromatic N) is 3. The summed E-state index contributed by atoms with van der Waals surface area (Å²) < 4.78 is 5.73. The van der Waals surface area contributed by atoms with Crippen LogP contribution in [0.25, 0.3) is 0 Å². The van der Waals surface area contributed by atoms with Crippen molar-refractivity contribution in [1.82, 2.24) is 14.9 Å². The van der Waals surface area contributed by atoms with Gasteiger partial charge in [0, 0.05) is 18.9 Å². The molecule has 1 amide bonds. The highest BCUT2D eigenvalue weighted by Crippen LogP contribution is 2.21. The van der Waals surface area contributed by atoms with Crippen molar-refractivity contribution in [1.29, 1.82) is 0 Å². The molecule has 0 saturated carbocycles. The fourth-order valence-electron chi connectivity index (χ4n) is 2.44. The lowest BCUT2D eigenvalue weighted by Gasteiger charge is -2.32. The van der Waals surface area contributed by atoms with Crippen molar-refractivity contribution < 1.29 is 9.53 Å². The number of amides is 1. The number of hydrogen-bond donors (Lipinski definition) is 0. The molecule has 5 nitrogen and oxygen atoms in total. The summed E-state index contributed by atoms with van der Waals surface area (Å²) in [5.41, 5.74) is 2.26. The Morgan fingerprint density at radius 3 is 2.86 bits per heavy atom.